The second kappa shape index (κ2) is 7.65. The molecular formula is C14H28N2S. The zero-order chi connectivity index (χ0) is 11.9. The Morgan fingerprint density at radius 1 is 1.12 bits per heavy atom. The highest BCUT2D eigenvalue weighted by molar-refractivity contribution is 7.99. The summed E-state index contributed by atoms with van der Waals surface area (Å²) >= 11 is 2.07. The Morgan fingerprint density at radius 2 is 2.06 bits per heavy atom. The zero-order valence-electron chi connectivity index (χ0n) is 11.3. The summed E-state index contributed by atoms with van der Waals surface area (Å²) in [5.41, 5.74) is 0. The lowest BCUT2D eigenvalue weighted by Crippen LogP contribution is -2.37. The summed E-state index contributed by atoms with van der Waals surface area (Å²) in [6, 6.07) is 0.809. The Hall–Kier alpha value is 0.270. The van der Waals surface area contributed by atoms with Crippen molar-refractivity contribution in [3.8, 4) is 0 Å². The Bertz CT molecular complexity index is 204. The molecule has 3 heteroatoms. The first-order valence-corrected chi connectivity index (χ1v) is 8.66. The summed E-state index contributed by atoms with van der Waals surface area (Å²) < 4.78 is 0. The molecule has 2 nitrogen and oxygen atoms in total. The molecule has 0 aromatic rings. The highest BCUT2D eigenvalue weighted by atomic mass is 32.2. The van der Waals surface area contributed by atoms with Crippen LogP contribution in [-0.4, -0.2) is 48.6 Å². The van der Waals surface area contributed by atoms with Crippen molar-refractivity contribution in [3.63, 3.8) is 0 Å². The molecule has 0 aromatic carbocycles. The molecule has 2 unspecified atom stereocenters. The molecule has 0 spiro atoms. The van der Waals surface area contributed by atoms with Crippen molar-refractivity contribution >= 4 is 11.8 Å². The van der Waals surface area contributed by atoms with Crippen LogP contribution in [0.4, 0.5) is 0 Å². The van der Waals surface area contributed by atoms with Crippen LogP contribution < -0.4 is 5.32 Å². The lowest BCUT2D eigenvalue weighted by molar-refractivity contribution is 0.254. The summed E-state index contributed by atoms with van der Waals surface area (Å²) in [6.45, 7) is 5.24. The SMILES string of the molecule is CSC1CCCN(CCC2CCCCN2)CC1. The van der Waals surface area contributed by atoms with Crippen LogP contribution in [0.25, 0.3) is 0 Å². The van der Waals surface area contributed by atoms with Crippen LogP contribution in [0.1, 0.15) is 44.9 Å². The Labute approximate surface area is 111 Å². The fraction of sp³-hybridized carbons (Fsp3) is 1.00. The van der Waals surface area contributed by atoms with Gasteiger partial charge in [-0.25, -0.2) is 0 Å². The summed E-state index contributed by atoms with van der Waals surface area (Å²) in [4.78, 5) is 2.70. The van der Waals surface area contributed by atoms with E-state index < -0.39 is 0 Å². The van der Waals surface area contributed by atoms with Gasteiger partial charge in [0.25, 0.3) is 0 Å². The quantitative estimate of drug-likeness (QED) is 0.832. The van der Waals surface area contributed by atoms with E-state index in [2.05, 4.69) is 28.2 Å². The molecule has 0 radical (unpaired) electrons. The van der Waals surface area contributed by atoms with E-state index in [0.717, 1.165) is 11.3 Å². The van der Waals surface area contributed by atoms with Crippen LogP contribution in [-0.2, 0) is 0 Å². The predicted molar refractivity (Wildman–Crippen MR) is 77.9 cm³/mol. The molecule has 0 aromatic heterocycles. The second-order valence-electron chi connectivity index (χ2n) is 5.57. The average molecular weight is 256 g/mol. The number of hydrogen-bond donors (Lipinski definition) is 1. The monoisotopic (exact) mass is 256 g/mol. The normalized spacial score (nSPS) is 32.3. The van der Waals surface area contributed by atoms with Gasteiger partial charge < -0.3 is 10.2 Å². The molecule has 2 aliphatic rings. The minimum atomic E-state index is 0.809. The fourth-order valence-corrected chi connectivity index (χ4v) is 3.84. The first-order valence-electron chi connectivity index (χ1n) is 7.37. The van der Waals surface area contributed by atoms with E-state index in [0.29, 0.717) is 0 Å². The van der Waals surface area contributed by atoms with Gasteiger partial charge in [-0.2, -0.15) is 11.8 Å². The van der Waals surface area contributed by atoms with E-state index in [-0.39, 0.29) is 0 Å². The molecule has 2 atom stereocenters. The number of nitrogens with zero attached hydrogens (tertiary/aromatic N) is 1. The highest BCUT2D eigenvalue weighted by Crippen LogP contribution is 2.21. The van der Waals surface area contributed by atoms with Crippen LogP contribution in [0.3, 0.4) is 0 Å². The maximum atomic E-state index is 3.66. The number of likely N-dealkylation sites (tertiary alicyclic amines) is 1. The molecule has 2 aliphatic heterocycles. The molecular weight excluding hydrogens is 228 g/mol. The molecule has 2 saturated heterocycles. The minimum Gasteiger partial charge on any atom is -0.314 e. The smallest absolute Gasteiger partial charge is 0.00792 e. The third-order valence-corrected chi connectivity index (χ3v) is 5.45. The summed E-state index contributed by atoms with van der Waals surface area (Å²) in [5, 5.41) is 4.59. The van der Waals surface area contributed by atoms with Crippen LogP contribution in [0.15, 0.2) is 0 Å². The summed E-state index contributed by atoms with van der Waals surface area (Å²) in [6.07, 6.45) is 12.1. The fourth-order valence-electron chi connectivity index (χ4n) is 3.09. The third-order valence-electron chi connectivity index (χ3n) is 4.31. The van der Waals surface area contributed by atoms with E-state index in [9.17, 15) is 0 Å². The number of nitrogens with one attached hydrogen (secondary N) is 1. The maximum absolute atomic E-state index is 3.66. The van der Waals surface area contributed by atoms with E-state index in [1.54, 1.807) is 0 Å². The van der Waals surface area contributed by atoms with E-state index in [4.69, 9.17) is 0 Å². The van der Waals surface area contributed by atoms with Crippen molar-refractivity contribution in [3.05, 3.63) is 0 Å². The standard InChI is InChI=1S/C14H28N2S/c1-17-14-6-4-10-16(12-8-14)11-7-13-5-2-3-9-15-13/h13-15H,2-12H2,1H3. The van der Waals surface area contributed by atoms with Crippen molar-refractivity contribution in [2.24, 2.45) is 0 Å². The highest BCUT2D eigenvalue weighted by Gasteiger charge is 2.18. The van der Waals surface area contributed by atoms with Crippen molar-refractivity contribution < 1.29 is 0 Å². The molecule has 2 fully saturated rings. The molecule has 17 heavy (non-hydrogen) atoms. The van der Waals surface area contributed by atoms with Gasteiger partial charge >= 0.3 is 0 Å². The lowest BCUT2D eigenvalue weighted by atomic mass is 10.0. The topological polar surface area (TPSA) is 15.3 Å². The Balaban J connectivity index is 1.64. The maximum Gasteiger partial charge on any atom is 0.00792 e. The zero-order valence-corrected chi connectivity index (χ0v) is 12.1. The molecule has 1 N–H and O–H groups in total. The van der Waals surface area contributed by atoms with E-state index >= 15 is 0 Å². The molecule has 0 bridgehead atoms. The number of hydrogen-bond acceptors (Lipinski definition) is 3. The van der Waals surface area contributed by atoms with Crippen molar-refractivity contribution in [1.82, 2.24) is 10.2 Å². The van der Waals surface area contributed by atoms with Gasteiger partial charge in [0, 0.05) is 11.3 Å². The van der Waals surface area contributed by atoms with Crippen molar-refractivity contribution in [1.29, 1.82) is 0 Å². The van der Waals surface area contributed by atoms with Crippen LogP contribution in [0, 0.1) is 0 Å². The summed E-state index contributed by atoms with van der Waals surface area (Å²) in [5.74, 6) is 0. The predicted octanol–water partition coefficient (Wildman–Crippen LogP) is 2.74. The van der Waals surface area contributed by atoms with E-state index in [1.807, 2.05) is 0 Å². The molecule has 0 amide bonds. The number of rotatable bonds is 4. The van der Waals surface area contributed by atoms with Gasteiger partial charge in [-0.3, -0.25) is 0 Å². The van der Waals surface area contributed by atoms with Gasteiger partial charge in [0.2, 0.25) is 0 Å². The molecule has 100 valence electrons. The van der Waals surface area contributed by atoms with Gasteiger partial charge in [0.1, 0.15) is 0 Å². The van der Waals surface area contributed by atoms with Gasteiger partial charge in [0.15, 0.2) is 0 Å². The van der Waals surface area contributed by atoms with Gasteiger partial charge in [0.05, 0.1) is 0 Å². The van der Waals surface area contributed by atoms with Gasteiger partial charge in [-0.05, 0) is 71.0 Å². The first-order chi connectivity index (χ1) is 8.38. The first kappa shape index (κ1) is 13.7. The molecule has 2 rings (SSSR count). The van der Waals surface area contributed by atoms with Gasteiger partial charge in [-0.1, -0.05) is 6.42 Å². The molecule has 0 saturated carbocycles. The largest absolute Gasteiger partial charge is 0.314 e. The van der Waals surface area contributed by atoms with Crippen LogP contribution >= 0.6 is 11.8 Å². The Morgan fingerprint density at radius 3 is 2.82 bits per heavy atom. The van der Waals surface area contributed by atoms with Crippen LogP contribution in [0.2, 0.25) is 0 Å². The van der Waals surface area contributed by atoms with E-state index in [1.165, 1.54) is 71.1 Å². The average Bonchev–Trinajstić information content (AvgIpc) is 2.62. The Kier molecular flexibility index (Phi) is 6.16. The second-order valence-corrected chi connectivity index (χ2v) is 6.70. The number of piperidine rings is 1. The van der Waals surface area contributed by atoms with Gasteiger partial charge in [-0.15, -0.1) is 0 Å². The number of thioether (sulfide) groups is 1. The van der Waals surface area contributed by atoms with Crippen molar-refractivity contribution in [2.45, 2.75) is 56.2 Å². The van der Waals surface area contributed by atoms with Crippen LogP contribution in [0.5, 0.6) is 0 Å². The lowest BCUT2D eigenvalue weighted by Gasteiger charge is -2.27. The minimum absolute atomic E-state index is 0.809. The molecule has 2 heterocycles. The summed E-state index contributed by atoms with van der Waals surface area (Å²) in [7, 11) is 0. The van der Waals surface area contributed by atoms with Crippen molar-refractivity contribution in [2.75, 3.05) is 32.4 Å². The third kappa shape index (κ3) is 4.80. The molecule has 0 aliphatic carbocycles.